The van der Waals surface area contributed by atoms with E-state index in [1.165, 1.54) is 48.5 Å². The zero-order chi connectivity index (χ0) is 16.2. The van der Waals surface area contributed by atoms with E-state index in [1.807, 2.05) is 0 Å². The molecule has 0 aliphatic carbocycles. The lowest BCUT2D eigenvalue weighted by Crippen LogP contribution is -2.53. The van der Waals surface area contributed by atoms with Crippen molar-refractivity contribution in [1.82, 2.24) is 0 Å². The van der Waals surface area contributed by atoms with E-state index in [2.05, 4.69) is 9.47 Å². The van der Waals surface area contributed by atoms with Crippen LogP contribution in [0.1, 0.15) is 0 Å². The summed E-state index contributed by atoms with van der Waals surface area (Å²) >= 11 is 0. The highest BCUT2D eigenvalue weighted by molar-refractivity contribution is 5.24. The van der Waals surface area contributed by atoms with Crippen LogP contribution in [0.25, 0.3) is 0 Å². The summed E-state index contributed by atoms with van der Waals surface area (Å²) in [6.07, 6.45) is -9.47. The SMILES string of the molecule is FC(C(F)(F)F)C(F)(Oc1ccccc1)Oc1ccccc1. The molecule has 0 N–H and O–H groups in total. The van der Waals surface area contributed by atoms with E-state index in [4.69, 9.17) is 0 Å². The van der Waals surface area contributed by atoms with Crippen molar-refractivity contribution < 1.29 is 31.4 Å². The largest absolute Gasteiger partial charge is 0.449 e. The molecule has 2 nitrogen and oxygen atoms in total. The van der Waals surface area contributed by atoms with Crippen LogP contribution in [0, 0.1) is 0 Å². The molecule has 0 aromatic heterocycles. The Morgan fingerprint density at radius 2 is 1.05 bits per heavy atom. The molecular formula is C15H11F5O2. The Balaban J connectivity index is 2.31. The Labute approximate surface area is 123 Å². The highest BCUT2D eigenvalue weighted by Gasteiger charge is 2.61. The van der Waals surface area contributed by atoms with Crippen molar-refractivity contribution in [3.05, 3.63) is 60.7 Å². The van der Waals surface area contributed by atoms with Crippen molar-refractivity contribution in [3.8, 4) is 11.5 Å². The molecule has 1 atom stereocenters. The van der Waals surface area contributed by atoms with Crippen molar-refractivity contribution in [2.45, 2.75) is 18.4 Å². The lowest BCUT2D eigenvalue weighted by molar-refractivity contribution is -0.325. The summed E-state index contributed by atoms with van der Waals surface area (Å²) < 4.78 is 74.8. The molecule has 2 aromatic carbocycles. The first-order valence-electron chi connectivity index (χ1n) is 6.19. The van der Waals surface area contributed by atoms with Crippen LogP contribution in [-0.2, 0) is 0 Å². The van der Waals surface area contributed by atoms with Gasteiger partial charge in [-0.3, -0.25) is 0 Å². The molecule has 7 heteroatoms. The van der Waals surface area contributed by atoms with Gasteiger partial charge in [0.25, 0.3) is 0 Å². The van der Waals surface area contributed by atoms with Gasteiger partial charge in [-0.15, -0.1) is 0 Å². The third kappa shape index (κ3) is 3.87. The molecule has 0 amide bonds. The van der Waals surface area contributed by atoms with Crippen LogP contribution in [0.15, 0.2) is 60.7 Å². The minimum Gasteiger partial charge on any atom is -0.424 e. The fourth-order valence-corrected chi connectivity index (χ4v) is 1.62. The summed E-state index contributed by atoms with van der Waals surface area (Å²) in [5.41, 5.74) is 0. The third-order valence-electron chi connectivity index (χ3n) is 2.59. The van der Waals surface area contributed by atoms with Crippen molar-refractivity contribution in [2.75, 3.05) is 0 Å². The number of benzene rings is 2. The average molecular weight is 318 g/mol. The molecule has 1 unspecified atom stereocenters. The number of rotatable bonds is 5. The van der Waals surface area contributed by atoms with E-state index >= 15 is 0 Å². The highest BCUT2D eigenvalue weighted by Crippen LogP contribution is 2.37. The van der Waals surface area contributed by atoms with Gasteiger partial charge in [0.05, 0.1) is 0 Å². The first-order chi connectivity index (χ1) is 10.3. The van der Waals surface area contributed by atoms with Crippen LogP contribution in [-0.4, -0.2) is 18.4 Å². The number of hydrogen-bond donors (Lipinski definition) is 0. The molecule has 0 spiro atoms. The smallest absolute Gasteiger partial charge is 0.424 e. The Morgan fingerprint density at radius 1 is 0.682 bits per heavy atom. The third-order valence-corrected chi connectivity index (χ3v) is 2.59. The maximum absolute atomic E-state index is 14.5. The Bertz CT molecular complexity index is 544. The standard InChI is InChI=1S/C15H11F5O2/c16-13(14(17,18)19)15(20,21-11-7-3-1-4-8-11)22-12-9-5-2-6-10-12/h1-10,13H. The zero-order valence-corrected chi connectivity index (χ0v) is 11.1. The summed E-state index contributed by atoms with van der Waals surface area (Å²) in [5.74, 6) is -0.597. The van der Waals surface area contributed by atoms with Gasteiger partial charge in [0, 0.05) is 0 Å². The summed E-state index contributed by atoms with van der Waals surface area (Å²) in [6.45, 7) is 0. The maximum Gasteiger partial charge on any atom is 0.449 e. The van der Waals surface area contributed by atoms with Crippen LogP contribution < -0.4 is 9.47 Å². The number of hydrogen-bond acceptors (Lipinski definition) is 2. The van der Waals surface area contributed by atoms with Crippen molar-refractivity contribution in [2.24, 2.45) is 0 Å². The molecule has 0 saturated carbocycles. The van der Waals surface area contributed by atoms with E-state index in [0.29, 0.717) is 0 Å². The van der Waals surface area contributed by atoms with E-state index in [-0.39, 0.29) is 11.5 Å². The van der Waals surface area contributed by atoms with Crippen molar-refractivity contribution in [3.63, 3.8) is 0 Å². The Morgan fingerprint density at radius 3 is 1.36 bits per heavy atom. The second-order valence-electron chi connectivity index (χ2n) is 4.32. The minimum absolute atomic E-state index is 0.298. The average Bonchev–Trinajstić information content (AvgIpc) is 2.47. The molecule has 2 rings (SSSR count). The molecule has 0 heterocycles. The van der Waals surface area contributed by atoms with E-state index in [9.17, 15) is 22.0 Å². The number of ether oxygens (including phenoxy) is 2. The molecule has 0 saturated heterocycles. The summed E-state index contributed by atoms with van der Waals surface area (Å²) in [5, 5.41) is 0. The van der Waals surface area contributed by atoms with Crippen LogP contribution in [0.2, 0.25) is 0 Å². The molecular weight excluding hydrogens is 307 g/mol. The van der Waals surface area contributed by atoms with Crippen LogP contribution in [0.5, 0.6) is 11.5 Å². The quantitative estimate of drug-likeness (QED) is 0.589. The summed E-state index contributed by atoms with van der Waals surface area (Å²) in [7, 11) is 0. The molecule has 0 bridgehead atoms. The van der Waals surface area contributed by atoms with Crippen LogP contribution in [0.3, 0.4) is 0 Å². The van der Waals surface area contributed by atoms with Gasteiger partial charge in [-0.1, -0.05) is 36.4 Å². The Hall–Kier alpha value is -2.31. The number of halogens is 5. The lowest BCUT2D eigenvalue weighted by Gasteiger charge is -2.30. The van der Waals surface area contributed by atoms with Gasteiger partial charge in [-0.25, -0.2) is 4.39 Å². The van der Waals surface area contributed by atoms with Gasteiger partial charge in [-0.2, -0.15) is 17.6 Å². The molecule has 2 aromatic rings. The Kier molecular flexibility index (Phi) is 4.54. The summed E-state index contributed by atoms with van der Waals surface area (Å²) in [6, 6.07) is 9.40. The first kappa shape index (κ1) is 16.1. The summed E-state index contributed by atoms with van der Waals surface area (Å²) in [4.78, 5) is 0. The number of alkyl halides is 5. The van der Waals surface area contributed by atoms with E-state index in [1.54, 1.807) is 12.1 Å². The molecule has 0 fully saturated rings. The monoisotopic (exact) mass is 318 g/mol. The maximum atomic E-state index is 14.5. The predicted molar refractivity (Wildman–Crippen MR) is 68.9 cm³/mol. The lowest BCUT2D eigenvalue weighted by atomic mass is 10.3. The van der Waals surface area contributed by atoms with Crippen LogP contribution >= 0.6 is 0 Å². The second kappa shape index (κ2) is 6.21. The normalized spacial score (nSPS) is 13.5. The highest BCUT2D eigenvalue weighted by atomic mass is 19.4. The van der Waals surface area contributed by atoms with Gasteiger partial charge in [0.15, 0.2) is 0 Å². The first-order valence-corrected chi connectivity index (χ1v) is 6.19. The van der Waals surface area contributed by atoms with Gasteiger partial charge >= 0.3 is 18.4 Å². The molecule has 118 valence electrons. The van der Waals surface area contributed by atoms with Gasteiger partial charge < -0.3 is 9.47 Å². The molecule has 22 heavy (non-hydrogen) atoms. The van der Waals surface area contributed by atoms with Gasteiger partial charge in [-0.05, 0) is 24.3 Å². The van der Waals surface area contributed by atoms with E-state index < -0.39 is 18.4 Å². The van der Waals surface area contributed by atoms with Crippen LogP contribution in [0.4, 0.5) is 22.0 Å². The van der Waals surface area contributed by atoms with Gasteiger partial charge in [0.2, 0.25) is 0 Å². The second-order valence-corrected chi connectivity index (χ2v) is 4.32. The number of para-hydroxylation sites is 2. The fraction of sp³-hybridized carbons (Fsp3) is 0.200. The topological polar surface area (TPSA) is 18.5 Å². The molecule has 0 aliphatic rings. The van der Waals surface area contributed by atoms with Crippen molar-refractivity contribution in [1.29, 1.82) is 0 Å². The zero-order valence-electron chi connectivity index (χ0n) is 11.1. The minimum atomic E-state index is -5.49. The van der Waals surface area contributed by atoms with E-state index in [0.717, 1.165) is 0 Å². The van der Waals surface area contributed by atoms with Crippen molar-refractivity contribution >= 4 is 0 Å². The molecule has 0 radical (unpaired) electrons. The fourth-order valence-electron chi connectivity index (χ4n) is 1.62. The molecule has 0 aliphatic heterocycles. The van der Waals surface area contributed by atoms with Gasteiger partial charge in [0.1, 0.15) is 11.5 Å². The predicted octanol–water partition coefficient (Wildman–Crippen LogP) is 4.67.